The van der Waals surface area contributed by atoms with Crippen molar-refractivity contribution in [3.63, 3.8) is 0 Å². The fraction of sp³-hybridized carbons (Fsp3) is 0.800. The first-order chi connectivity index (χ1) is 6.51. The van der Waals surface area contributed by atoms with Crippen LogP contribution in [0.25, 0.3) is 0 Å². The maximum atomic E-state index is 11.6. The summed E-state index contributed by atoms with van der Waals surface area (Å²) in [5.41, 5.74) is 0. The minimum atomic E-state index is -0.350. The molecule has 0 aromatic rings. The van der Waals surface area contributed by atoms with E-state index in [1.165, 1.54) is 0 Å². The summed E-state index contributed by atoms with van der Waals surface area (Å²) in [7, 11) is 3.27. The van der Waals surface area contributed by atoms with Gasteiger partial charge in [-0.05, 0) is 13.0 Å². The van der Waals surface area contributed by atoms with Crippen LogP contribution in [0.4, 0.5) is 0 Å². The molecule has 0 aliphatic rings. The average molecular weight is 200 g/mol. The van der Waals surface area contributed by atoms with Crippen molar-refractivity contribution in [2.45, 2.75) is 32.7 Å². The maximum Gasteiger partial charge on any atom is 0.221 e. The molecule has 0 rings (SSSR count). The van der Waals surface area contributed by atoms with Gasteiger partial charge in [0.25, 0.3) is 0 Å². The van der Waals surface area contributed by atoms with Gasteiger partial charge in [0.05, 0.1) is 6.04 Å². The zero-order chi connectivity index (χ0) is 11.1. The summed E-state index contributed by atoms with van der Waals surface area (Å²) in [6.07, 6.45) is 0.737. The van der Waals surface area contributed by atoms with E-state index in [0.29, 0.717) is 12.3 Å². The Bertz CT molecular complexity index is 202. The van der Waals surface area contributed by atoms with Crippen LogP contribution in [-0.2, 0) is 9.59 Å². The number of hydrogen-bond acceptors (Lipinski definition) is 3. The highest BCUT2D eigenvalue weighted by Crippen LogP contribution is 2.05. The number of ketones is 1. The summed E-state index contributed by atoms with van der Waals surface area (Å²) in [6, 6.07) is -0.350. The number of likely N-dealkylation sites (N-methyl/N-ethyl adjacent to an activating group) is 1. The first-order valence-electron chi connectivity index (χ1n) is 4.91. The molecule has 0 aromatic heterocycles. The summed E-state index contributed by atoms with van der Waals surface area (Å²) in [5, 5.41) is 5.37. The van der Waals surface area contributed by atoms with Crippen LogP contribution in [0, 0.1) is 5.92 Å². The van der Waals surface area contributed by atoms with Crippen molar-refractivity contribution in [1.82, 2.24) is 10.6 Å². The zero-order valence-electron chi connectivity index (χ0n) is 9.39. The van der Waals surface area contributed by atoms with Gasteiger partial charge < -0.3 is 10.6 Å². The molecule has 14 heavy (non-hydrogen) atoms. The number of hydrogen-bond donors (Lipinski definition) is 2. The van der Waals surface area contributed by atoms with Crippen LogP contribution in [0.15, 0.2) is 0 Å². The third kappa shape index (κ3) is 4.97. The lowest BCUT2D eigenvalue weighted by Gasteiger charge is -2.15. The highest BCUT2D eigenvalue weighted by atomic mass is 16.2. The second-order valence-corrected chi connectivity index (χ2v) is 3.78. The highest BCUT2D eigenvalue weighted by molar-refractivity contribution is 5.89. The lowest BCUT2D eigenvalue weighted by Crippen LogP contribution is -2.39. The number of rotatable bonds is 6. The lowest BCUT2D eigenvalue weighted by atomic mass is 9.99. The Balaban J connectivity index is 4.12. The largest absolute Gasteiger partial charge is 0.359 e. The SMILES string of the molecule is CNC(=O)CC(NC)C(=O)CC(C)C. The molecule has 82 valence electrons. The topological polar surface area (TPSA) is 58.2 Å². The molecule has 0 spiro atoms. The van der Waals surface area contributed by atoms with Gasteiger partial charge in [0, 0.05) is 19.9 Å². The van der Waals surface area contributed by atoms with Crippen molar-refractivity contribution in [2.75, 3.05) is 14.1 Å². The van der Waals surface area contributed by atoms with Gasteiger partial charge in [-0.3, -0.25) is 9.59 Å². The molecule has 0 radical (unpaired) electrons. The third-order valence-electron chi connectivity index (χ3n) is 2.01. The molecule has 0 heterocycles. The predicted molar refractivity (Wildman–Crippen MR) is 56.0 cm³/mol. The van der Waals surface area contributed by atoms with Crippen molar-refractivity contribution in [2.24, 2.45) is 5.92 Å². The van der Waals surface area contributed by atoms with Crippen LogP contribution in [0.5, 0.6) is 0 Å². The highest BCUT2D eigenvalue weighted by Gasteiger charge is 2.19. The summed E-state index contributed by atoms with van der Waals surface area (Å²) in [4.78, 5) is 22.7. The number of amides is 1. The second kappa shape index (κ2) is 6.54. The van der Waals surface area contributed by atoms with E-state index in [-0.39, 0.29) is 24.2 Å². The van der Waals surface area contributed by atoms with E-state index in [2.05, 4.69) is 10.6 Å². The smallest absolute Gasteiger partial charge is 0.221 e. The van der Waals surface area contributed by atoms with Gasteiger partial charge in [-0.2, -0.15) is 0 Å². The number of nitrogens with one attached hydrogen (secondary N) is 2. The molecule has 1 atom stereocenters. The van der Waals surface area contributed by atoms with Crippen molar-refractivity contribution < 1.29 is 9.59 Å². The quantitative estimate of drug-likeness (QED) is 0.649. The van der Waals surface area contributed by atoms with Crippen molar-refractivity contribution in [3.8, 4) is 0 Å². The van der Waals surface area contributed by atoms with E-state index in [1.54, 1.807) is 14.1 Å². The van der Waals surface area contributed by atoms with Crippen molar-refractivity contribution in [3.05, 3.63) is 0 Å². The van der Waals surface area contributed by atoms with Gasteiger partial charge in [0.1, 0.15) is 0 Å². The normalized spacial score (nSPS) is 12.6. The Morgan fingerprint density at radius 2 is 1.71 bits per heavy atom. The van der Waals surface area contributed by atoms with Gasteiger partial charge in [-0.1, -0.05) is 13.8 Å². The Labute approximate surface area is 85.4 Å². The molecule has 0 fully saturated rings. The molecule has 1 amide bonds. The number of carbonyl (C=O) groups excluding carboxylic acids is 2. The maximum absolute atomic E-state index is 11.6. The van der Waals surface area contributed by atoms with Gasteiger partial charge >= 0.3 is 0 Å². The van der Waals surface area contributed by atoms with E-state index >= 15 is 0 Å². The van der Waals surface area contributed by atoms with Gasteiger partial charge in [-0.15, -0.1) is 0 Å². The monoisotopic (exact) mass is 200 g/mol. The standard InChI is InChI=1S/C10H20N2O2/c1-7(2)5-9(13)8(11-3)6-10(14)12-4/h7-8,11H,5-6H2,1-4H3,(H,12,14). The van der Waals surface area contributed by atoms with Gasteiger partial charge in [0.2, 0.25) is 5.91 Å². The number of carbonyl (C=O) groups is 2. The molecule has 0 saturated carbocycles. The van der Waals surface area contributed by atoms with Crippen LogP contribution in [0.3, 0.4) is 0 Å². The molecule has 0 aliphatic carbocycles. The molecule has 0 bridgehead atoms. The van der Waals surface area contributed by atoms with E-state index in [9.17, 15) is 9.59 Å². The molecule has 0 aliphatic heterocycles. The summed E-state index contributed by atoms with van der Waals surface area (Å²) >= 11 is 0. The molecule has 1 unspecified atom stereocenters. The second-order valence-electron chi connectivity index (χ2n) is 3.78. The Morgan fingerprint density at radius 3 is 2.07 bits per heavy atom. The number of Topliss-reactive ketones (excluding diaryl/α,β-unsaturated/α-hetero) is 1. The Morgan fingerprint density at radius 1 is 1.14 bits per heavy atom. The predicted octanol–water partition coefficient (Wildman–Crippen LogP) is 0.326. The molecule has 4 heteroatoms. The van der Waals surface area contributed by atoms with E-state index < -0.39 is 0 Å². The summed E-state index contributed by atoms with van der Waals surface area (Å²) < 4.78 is 0. The minimum absolute atomic E-state index is 0.103. The van der Waals surface area contributed by atoms with E-state index in [4.69, 9.17) is 0 Å². The van der Waals surface area contributed by atoms with Crippen LogP contribution < -0.4 is 10.6 Å². The lowest BCUT2D eigenvalue weighted by molar-refractivity contribution is -0.127. The van der Waals surface area contributed by atoms with Crippen LogP contribution in [-0.4, -0.2) is 31.8 Å². The van der Waals surface area contributed by atoms with E-state index in [0.717, 1.165) is 0 Å². The average Bonchev–Trinajstić information content (AvgIpc) is 2.12. The van der Waals surface area contributed by atoms with Crippen LogP contribution in [0.2, 0.25) is 0 Å². The minimum Gasteiger partial charge on any atom is -0.359 e. The molecule has 0 aromatic carbocycles. The first kappa shape index (κ1) is 13.1. The van der Waals surface area contributed by atoms with Crippen molar-refractivity contribution in [1.29, 1.82) is 0 Å². The van der Waals surface area contributed by atoms with Crippen LogP contribution >= 0.6 is 0 Å². The fourth-order valence-electron chi connectivity index (χ4n) is 1.21. The zero-order valence-corrected chi connectivity index (χ0v) is 9.39. The molecule has 4 nitrogen and oxygen atoms in total. The summed E-state index contributed by atoms with van der Waals surface area (Å²) in [6.45, 7) is 3.98. The first-order valence-corrected chi connectivity index (χ1v) is 4.91. The van der Waals surface area contributed by atoms with Gasteiger partial charge in [-0.25, -0.2) is 0 Å². The van der Waals surface area contributed by atoms with E-state index in [1.807, 2.05) is 13.8 Å². The molecular formula is C10H20N2O2. The molecule has 2 N–H and O–H groups in total. The third-order valence-corrected chi connectivity index (χ3v) is 2.01. The Kier molecular flexibility index (Phi) is 6.12. The summed E-state index contributed by atoms with van der Waals surface area (Å²) in [5.74, 6) is 0.329. The fourth-order valence-corrected chi connectivity index (χ4v) is 1.21. The molecular weight excluding hydrogens is 180 g/mol. The van der Waals surface area contributed by atoms with Crippen LogP contribution in [0.1, 0.15) is 26.7 Å². The Hall–Kier alpha value is -0.900. The van der Waals surface area contributed by atoms with Gasteiger partial charge in [0.15, 0.2) is 5.78 Å². The molecule has 0 saturated heterocycles. The van der Waals surface area contributed by atoms with Crippen molar-refractivity contribution >= 4 is 11.7 Å².